The minimum absolute atomic E-state index is 0.0230. The van der Waals surface area contributed by atoms with Crippen molar-refractivity contribution in [1.82, 2.24) is 9.62 Å². The van der Waals surface area contributed by atoms with Crippen molar-refractivity contribution < 1.29 is 23.1 Å². The lowest BCUT2D eigenvalue weighted by molar-refractivity contribution is -0.130. The molecule has 1 aromatic rings. The lowest BCUT2D eigenvalue weighted by atomic mass is 10.1. The second-order valence-corrected chi connectivity index (χ2v) is 7.50. The fourth-order valence-corrected chi connectivity index (χ4v) is 3.41. The van der Waals surface area contributed by atoms with Gasteiger partial charge in [-0.15, -0.1) is 0 Å². The van der Waals surface area contributed by atoms with Crippen LogP contribution in [0.25, 0.3) is 0 Å². The Hall–Kier alpha value is -1.93. The lowest BCUT2D eigenvalue weighted by Crippen LogP contribution is -2.37. The number of hydrogen-bond acceptors (Lipinski definition) is 4. The summed E-state index contributed by atoms with van der Waals surface area (Å²) in [5.74, 6) is -1.00. The molecule has 1 heterocycles. The first-order chi connectivity index (χ1) is 10.7. The van der Waals surface area contributed by atoms with Crippen molar-refractivity contribution in [2.75, 3.05) is 19.3 Å². The summed E-state index contributed by atoms with van der Waals surface area (Å²) in [6.45, 7) is 0.938. The molecule has 0 saturated carbocycles. The molecule has 7 nitrogen and oxygen atoms in total. The summed E-state index contributed by atoms with van der Waals surface area (Å²) in [6, 6.07) is 6.22. The van der Waals surface area contributed by atoms with Gasteiger partial charge in [-0.3, -0.25) is 4.79 Å². The normalized spacial score (nSPS) is 18.1. The first-order valence-corrected chi connectivity index (χ1v) is 9.21. The molecular formula is C15H20N2O5S. The number of amides is 1. The van der Waals surface area contributed by atoms with E-state index < -0.39 is 16.0 Å². The molecule has 23 heavy (non-hydrogen) atoms. The summed E-state index contributed by atoms with van der Waals surface area (Å²) in [6.07, 6.45) is 2.57. The molecule has 1 aliphatic rings. The molecule has 1 fully saturated rings. The monoisotopic (exact) mass is 340 g/mol. The van der Waals surface area contributed by atoms with Crippen LogP contribution in [0.5, 0.6) is 0 Å². The van der Waals surface area contributed by atoms with Gasteiger partial charge in [0, 0.05) is 25.6 Å². The standard InChI is InChI=1S/C15H20N2O5S/c1-23(21,22)16-13-8-9-17(10-13)14(18)7-4-11-2-5-12(6-3-11)15(19)20/h2-3,5-6,13,16H,4,7-10H2,1H3,(H,19,20). The van der Waals surface area contributed by atoms with E-state index in [9.17, 15) is 18.0 Å². The van der Waals surface area contributed by atoms with E-state index in [-0.39, 0.29) is 17.5 Å². The average molecular weight is 340 g/mol. The number of aromatic carboxylic acids is 1. The van der Waals surface area contributed by atoms with Gasteiger partial charge in [0.05, 0.1) is 11.8 Å². The maximum atomic E-state index is 12.2. The lowest BCUT2D eigenvalue weighted by Gasteiger charge is -2.16. The first-order valence-electron chi connectivity index (χ1n) is 7.32. The second kappa shape index (κ2) is 7.10. The van der Waals surface area contributed by atoms with Crippen molar-refractivity contribution in [3.05, 3.63) is 35.4 Å². The fraction of sp³-hybridized carbons (Fsp3) is 0.467. The second-order valence-electron chi connectivity index (χ2n) is 5.72. The van der Waals surface area contributed by atoms with Crippen molar-refractivity contribution in [2.45, 2.75) is 25.3 Å². The zero-order chi connectivity index (χ0) is 17.0. The molecule has 1 saturated heterocycles. The molecule has 1 unspecified atom stereocenters. The van der Waals surface area contributed by atoms with E-state index in [2.05, 4.69) is 4.72 Å². The molecule has 1 atom stereocenters. The molecule has 0 spiro atoms. The quantitative estimate of drug-likeness (QED) is 0.783. The predicted molar refractivity (Wildman–Crippen MR) is 84.7 cm³/mol. The van der Waals surface area contributed by atoms with E-state index in [0.717, 1.165) is 11.8 Å². The third-order valence-corrected chi connectivity index (χ3v) is 4.51. The van der Waals surface area contributed by atoms with Gasteiger partial charge in [0.2, 0.25) is 15.9 Å². The van der Waals surface area contributed by atoms with Crippen molar-refractivity contribution in [2.24, 2.45) is 0 Å². The van der Waals surface area contributed by atoms with Gasteiger partial charge in [-0.25, -0.2) is 17.9 Å². The number of nitrogens with zero attached hydrogens (tertiary/aromatic N) is 1. The van der Waals surface area contributed by atoms with E-state index in [4.69, 9.17) is 5.11 Å². The summed E-state index contributed by atoms with van der Waals surface area (Å²) in [5.41, 5.74) is 1.11. The molecular weight excluding hydrogens is 320 g/mol. The maximum Gasteiger partial charge on any atom is 0.335 e. The number of carboxylic acid groups (broad SMARTS) is 1. The number of nitrogens with one attached hydrogen (secondary N) is 1. The van der Waals surface area contributed by atoms with Gasteiger partial charge in [0.15, 0.2) is 0 Å². The van der Waals surface area contributed by atoms with Gasteiger partial charge in [0.25, 0.3) is 0 Å². The number of carbonyl (C=O) groups excluding carboxylic acids is 1. The number of likely N-dealkylation sites (tertiary alicyclic amines) is 1. The van der Waals surface area contributed by atoms with Crippen molar-refractivity contribution in [3.8, 4) is 0 Å². The third kappa shape index (κ3) is 5.33. The van der Waals surface area contributed by atoms with Gasteiger partial charge in [-0.1, -0.05) is 12.1 Å². The van der Waals surface area contributed by atoms with Crippen molar-refractivity contribution in [1.29, 1.82) is 0 Å². The number of carbonyl (C=O) groups is 2. The van der Waals surface area contributed by atoms with Crippen LogP contribution in [-0.2, 0) is 21.2 Å². The van der Waals surface area contributed by atoms with Crippen LogP contribution < -0.4 is 4.72 Å². The highest BCUT2D eigenvalue weighted by Gasteiger charge is 2.27. The predicted octanol–water partition coefficient (Wildman–Crippen LogP) is 0.468. The van der Waals surface area contributed by atoms with Gasteiger partial charge in [0.1, 0.15) is 0 Å². The number of hydrogen-bond donors (Lipinski definition) is 2. The third-order valence-electron chi connectivity index (χ3n) is 3.75. The number of benzene rings is 1. The summed E-state index contributed by atoms with van der Waals surface area (Å²) in [5, 5.41) is 8.83. The number of sulfonamides is 1. The van der Waals surface area contributed by atoms with Gasteiger partial charge >= 0.3 is 5.97 Å². The summed E-state index contributed by atoms with van der Waals surface area (Å²) >= 11 is 0. The highest BCUT2D eigenvalue weighted by Crippen LogP contribution is 2.13. The number of carboxylic acids is 1. The Morgan fingerprint density at radius 1 is 1.30 bits per heavy atom. The fourth-order valence-electron chi connectivity index (χ4n) is 2.61. The molecule has 0 aromatic heterocycles. The van der Waals surface area contributed by atoms with Crippen LogP contribution in [0.4, 0.5) is 0 Å². The van der Waals surface area contributed by atoms with Crippen molar-refractivity contribution >= 4 is 21.9 Å². The Labute approximate surface area is 135 Å². The zero-order valence-electron chi connectivity index (χ0n) is 12.9. The van der Waals surface area contributed by atoms with Crippen LogP contribution >= 0.6 is 0 Å². The van der Waals surface area contributed by atoms with Crippen LogP contribution in [0.2, 0.25) is 0 Å². The molecule has 2 rings (SSSR count). The molecule has 1 aliphatic heterocycles. The molecule has 0 bridgehead atoms. The van der Waals surface area contributed by atoms with E-state index in [0.29, 0.717) is 32.4 Å². The van der Waals surface area contributed by atoms with E-state index in [1.54, 1.807) is 17.0 Å². The molecule has 2 N–H and O–H groups in total. The van der Waals surface area contributed by atoms with Gasteiger partial charge in [-0.2, -0.15) is 0 Å². The van der Waals surface area contributed by atoms with E-state index >= 15 is 0 Å². The van der Waals surface area contributed by atoms with Gasteiger partial charge < -0.3 is 10.0 Å². The molecule has 1 aromatic carbocycles. The minimum Gasteiger partial charge on any atom is -0.478 e. The molecule has 1 amide bonds. The zero-order valence-corrected chi connectivity index (χ0v) is 13.7. The summed E-state index contributed by atoms with van der Waals surface area (Å²) in [7, 11) is -3.26. The number of rotatable bonds is 6. The Morgan fingerprint density at radius 2 is 1.96 bits per heavy atom. The smallest absolute Gasteiger partial charge is 0.335 e. The highest BCUT2D eigenvalue weighted by molar-refractivity contribution is 7.88. The van der Waals surface area contributed by atoms with Gasteiger partial charge in [-0.05, 0) is 30.5 Å². The van der Waals surface area contributed by atoms with Crippen LogP contribution in [-0.4, -0.2) is 55.7 Å². The Kier molecular flexibility index (Phi) is 5.38. The molecule has 126 valence electrons. The Morgan fingerprint density at radius 3 is 2.52 bits per heavy atom. The Bertz CT molecular complexity index is 684. The van der Waals surface area contributed by atoms with E-state index in [1.807, 2.05) is 0 Å². The van der Waals surface area contributed by atoms with Crippen LogP contribution in [0, 0.1) is 0 Å². The van der Waals surface area contributed by atoms with Crippen LogP contribution in [0.3, 0.4) is 0 Å². The topological polar surface area (TPSA) is 104 Å². The summed E-state index contributed by atoms with van der Waals surface area (Å²) in [4.78, 5) is 24.6. The van der Waals surface area contributed by atoms with Crippen LogP contribution in [0.15, 0.2) is 24.3 Å². The average Bonchev–Trinajstić information content (AvgIpc) is 2.91. The SMILES string of the molecule is CS(=O)(=O)NC1CCN(C(=O)CCc2ccc(C(=O)O)cc2)C1. The van der Waals surface area contributed by atoms with E-state index in [1.165, 1.54) is 12.1 Å². The largest absolute Gasteiger partial charge is 0.478 e. The van der Waals surface area contributed by atoms with Crippen molar-refractivity contribution in [3.63, 3.8) is 0 Å². The maximum absolute atomic E-state index is 12.2. The molecule has 0 aliphatic carbocycles. The first kappa shape index (κ1) is 17.4. The number of aryl methyl sites for hydroxylation is 1. The molecule has 0 radical (unpaired) electrons. The highest BCUT2D eigenvalue weighted by atomic mass is 32.2. The Balaban J connectivity index is 1.82. The summed E-state index contributed by atoms with van der Waals surface area (Å²) < 4.78 is 24.9. The van der Waals surface area contributed by atoms with Crippen LogP contribution in [0.1, 0.15) is 28.8 Å². The minimum atomic E-state index is -3.26. The molecule has 8 heteroatoms.